The zero-order chi connectivity index (χ0) is 14.5. The van der Waals surface area contributed by atoms with Gasteiger partial charge in [0.2, 0.25) is 0 Å². The van der Waals surface area contributed by atoms with Gasteiger partial charge < -0.3 is 10.1 Å². The Kier molecular flexibility index (Phi) is 4.41. The van der Waals surface area contributed by atoms with Crippen molar-refractivity contribution in [3.8, 4) is 5.75 Å². The fourth-order valence-electron chi connectivity index (χ4n) is 2.09. The Morgan fingerprint density at radius 1 is 1.00 bits per heavy atom. The predicted octanol–water partition coefficient (Wildman–Crippen LogP) is 3.63. The highest BCUT2D eigenvalue weighted by molar-refractivity contribution is 5.91. The molecule has 104 valence electrons. The number of rotatable bonds is 4. The van der Waals surface area contributed by atoms with E-state index in [1.165, 1.54) is 0 Å². The molecule has 0 atom stereocenters. The second-order valence-corrected chi connectivity index (χ2v) is 5.03. The van der Waals surface area contributed by atoms with Crippen LogP contribution in [0.3, 0.4) is 0 Å². The Balaban J connectivity index is 1.92. The van der Waals surface area contributed by atoms with Crippen molar-refractivity contribution in [2.24, 2.45) is 0 Å². The number of nitrogens with one attached hydrogen (secondary N) is 1. The fraction of sp³-hybridized carbons (Fsp3) is 0.235. The van der Waals surface area contributed by atoms with Gasteiger partial charge in [-0.15, -0.1) is 0 Å². The smallest absolute Gasteiger partial charge is 0.262 e. The SMILES string of the molecule is Cc1cccc(NC(=O)COc2cc(C)cc(C)c2)c1. The van der Waals surface area contributed by atoms with Crippen molar-refractivity contribution in [3.05, 3.63) is 59.2 Å². The molecule has 0 heterocycles. The number of anilines is 1. The highest BCUT2D eigenvalue weighted by Crippen LogP contribution is 2.16. The van der Waals surface area contributed by atoms with E-state index in [1.54, 1.807) is 0 Å². The standard InChI is InChI=1S/C17H19NO2/c1-12-5-4-6-15(8-12)18-17(19)11-20-16-9-13(2)7-14(3)10-16/h4-10H,11H2,1-3H3,(H,18,19). The fourth-order valence-corrected chi connectivity index (χ4v) is 2.09. The molecular formula is C17H19NO2. The second-order valence-electron chi connectivity index (χ2n) is 5.03. The quantitative estimate of drug-likeness (QED) is 0.920. The van der Waals surface area contributed by atoms with Crippen LogP contribution in [0.5, 0.6) is 5.75 Å². The normalized spacial score (nSPS) is 10.2. The van der Waals surface area contributed by atoms with E-state index in [1.807, 2.05) is 57.2 Å². The maximum atomic E-state index is 11.8. The van der Waals surface area contributed by atoms with Crippen molar-refractivity contribution < 1.29 is 9.53 Å². The summed E-state index contributed by atoms with van der Waals surface area (Å²) in [6.07, 6.45) is 0. The molecule has 0 radical (unpaired) electrons. The summed E-state index contributed by atoms with van der Waals surface area (Å²) in [7, 11) is 0. The van der Waals surface area contributed by atoms with Gasteiger partial charge in [0.15, 0.2) is 6.61 Å². The largest absolute Gasteiger partial charge is 0.484 e. The average Bonchev–Trinajstić information content (AvgIpc) is 2.35. The van der Waals surface area contributed by atoms with Gasteiger partial charge in [0.05, 0.1) is 0 Å². The molecule has 0 aliphatic rings. The molecule has 0 saturated carbocycles. The lowest BCUT2D eigenvalue weighted by Crippen LogP contribution is -2.20. The minimum absolute atomic E-state index is 0.0107. The van der Waals surface area contributed by atoms with Gasteiger partial charge in [-0.05, 0) is 61.7 Å². The highest BCUT2D eigenvalue weighted by Gasteiger charge is 2.04. The van der Waals surface area contributed by atoms with Gasteiger partial charge in [0.1, 0.15) is 5.75 Å². The summed E-state index contributed by atoms with van der Waals surface area (Å²) >= 11 is 0. The van der Waals surface area contributed by atoms with Crippen LogP contribution in [0.15, 0.2) is 42.5 Å². The van der Waals surface area contributed by atoms with Crippen LogP contribution in [-0.2, 0) is 4.79 Å². The molecule has 0 bridgehead atoms. The molecule has 2 aromatic carbocycles. The monoisotopic (exact) mass is 269 g/mol. The molecule has 20 heavy (non-hydrogen) atoms. The number of amides is 1. The van der Waals surface area contributed by atoms with Crippen molar-refractivity contribution in [2.75, 3.05) is 11.9 Å². The lowest BCUT2D eigenvalue weighted by atomic mass is 10.1. The molecule has 2 aromatic rings. The van der Waals surface area contributed by atoms with Crippen LogP contribution < -0.4 is 10.1 Å². The Morgan fingerprint density at radius 3 is 2.35 bits per heavy atom. The van der Waals surface area contributed by atoms with Crippen molar-refractivity contribution in [2.45, 2.75) is 20.8 Å². The summed E-state index contributed by atoms with van der Waals surface area (Å²) in [5.74, 6) is 0.566. The first kappa shape index (κ1) is 14.1. The van der Waals surface area contributed by atoms with Crippen LogP contribution in [0, 0.1) is 20.8 Å². The molecular weight excluding hydrogens is 250 g/mol. The molecule has 0 fully saturated rings. The third-order valence-corrected chi connectivity index (χ3v) is 2.87. The summed E-state index contributed by atoms with van der Waals surface area (Å²) in [6.45, 7) is 6.01. The van der Waals surface area contributed by atoms with E-state index < -0.39 is 0 Å². The van der Waals surface area contributed by atoms with E-state index >= 15 is 0 Å². The summed E-state index contributed by atoms with van der Waals surface area (Å²) in [5, 5.41) is 2.82. The minimum Gasteiger partial charge on any atom is -0.484 e. The van der Waals surface area contributed by atoms with Crippen molar-refractivity contribution in [3.63, 3.8) is 0 Å². The first-order chi connectivity index (χ1) is 9.52. The number of ether oxygens (including phenoxy) is 1. The zero-order valence-corrected chi connectivity index (χ0v) is 12.1. The van der Waals surface area contributed by atoms with Gasteiger partial charge in [-0.2, -0.15) is 0 Å². The first-order valence-corrected chi connectivity index (χ1v) is 6.60. The second kappa shape index (κ2) is 6.24. The Labute approximate surface area is 119 Å². The van der Waals surface area contributed by atoms with Crippen molar-refractivity contribution in [1.29, 1.82) is 0 Å². The lowest BCUT2D eigenvalue weighted by molar-refractivity contribution is -0.118. The van der Waals surface area contributed by atoms with Gasteiger partial charge >= 0.3 is 0 Å². The maximum absolute atomic E-state index is 11.8. The molecule has 1 amide bonds. The van der Waals surface area contributed by atoms with Crippen LogP contribution in [0.1, 0.15) is 16.7 Å². The molecule has 0 aliphatic heterocycles. The van der Waals surface area contributed by atoms with E-state index in [0.29, 0.717) is 0 Å². The van der Waals surface area contributed by atoms with E-state index in [2.05, 4.69) is 11.4 Å². The summed E-state index contributed by atoms with van der Waals surface area (Å²) < 4.78 is 5.52. The van der Waals surface area contributed by atoms with E-state index in [-0.39, 0.29) is 12.5 Å². The third-order valence-electron chi connectivity index (χ3n) is 2.87. The number of carbonyl (C=O) groups excluding carboxylic acids is 1. The third kappa shape index (κ3) is 4.12. The summed E-state index contributed by atoms with van der Waals surface area (Å²) in [6, 6.07) is 13.6. The summed E-state index contributed by atoms with van der Waals surface area (Å²) in [4.78, 5) is 11.8. The molecule has 3 nitrogen and oxygen atoms in total. The predicted molar refractivity (Wildman–Crippen MR) is 81.2 cm³/mol. The molecule has 0 aliphatic carbocycles. The van der Waals surface area contributed by atoms with Gasteiger partial charge in [-0.3, -0.25) is 4.79 Å². The summed E-state index contributed by atoms with van der Waals surface area (Å²) in [5.41, 5.74) is 4.15. The first-order valence-electron chi connectivity index (χ1n) is 6.60. The van der Waals surface area contributed by atoms with Gasteiger partial charge in [-0.25, -0.2) is 0 Å². The number of benzene rings is 2. The molecule has 0 aromatic heterocycles. The molecule has 3 heteroatoms. The molecule has 0 saturated heterocycles. The average molecular weight is 269 g/mol. The van der Waals surface area contributed by atoms with Gasteiger partial charge in [0, 0.05) is 5.69 Å². The van der Waals surface area contributed by atoms with Crippen LogP contribution in [0.2, 0.25) is 0 Å². The van der Waals surface area contributed by atoms with Crippen LogP contribution in [0.25, 0.3) is 0 Å². The molecule has 0 unspecified atom stereocenters. The Hall–Kier alpha value is -2.29. The molecule has 0 spiro atoms. The Bertz CT molecular complexity index is 600. The lowest BCUT2D eigenvalue weighted by Gasteiger charge is -2.09. The van der Waals surface area contributed by atoms with Crippen molar-refractivity contribution in [1.82, 2.24) is 0 Å². The highest BCUT2D eigenvalue weighted by atomic mass is 16.5. The topological polar surface area (TPSA) is 38.3 Å². The van der Waals surface area contributed by atoms with Gasteiger partial charge in [-0.1, -0.05) is 18.2 Å². The van der Waals surface area contributed by atoms with E-state index in [0.717, 1.165) is 28.1 Å². The van der Waals surface area contributed by atoms with Crippen LogP contribution >= 0.6 is 0 Å². The maximum Gasteiger partial charge on any atom is 0.262 e. The van der Waals surface area contributed by atoms with Crippen LogP contribution in [0.4, 0.5) is 5.69 Å². The zero-order valence-electron chi connectivity index (χ0n) is 12.1. The molecule has 2 rings (SSSR count). The van der Waals surface area contributed by atoms with Crippen molar-refractivity contribution >= 4 is 11.6 Å². The minimum atomic E-state index is -0.158. The van der Waals surface area contributed by atoms with Gasteiger partial charge in [0.25, 0.3) is 5.91 Å². The number of hydrogen-bond acceptors (Lipinski definition) is 2. The van der Waals surface area contributed by atoms with E-state index in [9.17, 15) is 4.79 Å². The number of hydrogen-bond donors (Lipinski definition) is 1. The molecule has 1 N–H and O–H groups in total. The number of carbonyl (C=O) groups is 1. The number of aryl methyl sites for hydroxylation is 3. The van der Waals surface area contributed by atoms with Crippen LogP contribution in [-0.4, -0.2) is 12.5 Å². The Morgan fingerprint density at radius 2 is 1.70 bits per heavy atom. The van der Waals surface area contributed by atoms with E-state index in [4.69, 9.17) is 4.74 Å².